The molecule has 20 heavy (non-hydrogen) atoms. The number of benzene rings is 1. The fourth-order valence-electron chi connectivity index (χ4n) is 1.35. The Hall–Kier alpha value is -1.48. The van der Waals surface area contributed by atoms with Gasteiger partial charge in [-0.15, -0.1) is 10.2 Å². The van der Waals surface area contributed by atoms with Crippen LogP contribution in [0, 0.1) is 17.5 Å². The van der Waals surface area contributed by atoms with E-state index in [0.717, 1.165) is 17.4 Å². The Labute approximate surface area is 124 Å². The molecule has 2 rings (SSSR count). The summed E-state index contributed by atoms with van der Waals surface area (Å²) in [6.45, 7) is 0. The van der Waals surface area contributed by atoms with E-state index in [2.05, 4.69) is 31.4 Å². The van der Waals surface area contributed by atoms with Crippen LogP contribution in [0.25, 0.3) is 0 Å². The van der Waals surface area contributed by atoms with E-state index in [9.17, 15) is 18.0 Å². The molecule has 1 heterocycles. The number of alkyl halides is 1. The Morgan fingerprint density at radius 2 is 2.00 bits per heavy atom. The number of hydrogen-bond donors (Lipinski definition) is 1. The Kier molecular flexibility index (Phi) is 4.71. The third-order valence-corrected chi connectivity index (χ3v) is 3.57. The zero-order valence-electron chi connectivity index (χ0n) is 9.79. The first-order valence-electron chi connectivity index (χ1n) is 5.36. The smallest absolute Gasteiger partial charge is 0.260 e. The summed E-state index contributed by atoms with van der Waals surface area (Å²) >= 11 is 4.35. The van der Waals surface area contributed by atoms with Crippen LogP contribution in [0.1, 0.15) is 15.4 Å². The zero-order valence-corrected chi connectivity index (χ0v) is 12.2. The van der Waals surface area contributed by atoms with Crippen LogP contribution in [-0.4, -0.2) is 21.4 Å². The number of rotatable bonds is 4. The van der Waals surface area contributed by atoms with E-state index in [4.69, 9.17) is 0 Å². The standard InChI is InChI=1S/C11H7BrF3N3OS/c12-4-3-7-17-18-11(20-7)16-10(19)5-1-2-6(13)9(15)8(5)14/h1-2H,3-4H2,(H,16,18,19). The third kappa shape index (κ3) is 3.15. The van der Waals surface area contributed by atoms with Crippen LogP contribution in [0.5, 0.6) is 0 Å². The Morgan fingerprint density at radius 3 is 2.70 bits per heavy atom. The Morgan fingerprint density at radius 1 is 1.25 bits per heavy atom. The van der Waals surface area contributed by atoms with Gasteiger partial charge in [-0.3, -0.25) is 10.1 Å². The summed E-state index contributed by atoms with van der Waals surface area (Å²) < 4.78 is 39.2. The molecule has 0 radical (unpaired) electrons. The van der Waals surface area contributed by atoms with Gasteiger partial charge in [0, 0.05) is 11.8 Å². The molecule has 0 fully saturated rings. The fourth-order valence-corrected chi connectivity index (χ4v) is 2.72. The van der Waals surface area contributed by atoms with Gasteiger partial charge in [0.25, 0.3) is 5.91 Å². The van der Waals surface area contributed by atoms with E-state index in [-0.39, 0.29) is 5.13 Å². The van der Waals surface area contributed by atoms with Crippen LogP contribution in [0.15, 0.2) is 12.1 Å². The molecule has 1 N–H and O–H groups in total. The second kappa shape index (κ2) is 6.31. The predicted octanol–water partition coefficient (Wildman–Crippen LogP) is 3.15. The number of carbonyl (C=O) groups is 1. The summed E-state index contributed by atoms with van der Waals surface area (Å²) in [5, 5.41) is 11.3. The zero-order chi connectivity index (χ0) is 14.7. The molecule has 0 bridgehead atoms. The Bertz CT molecular complexity index is 650. The van der Waals surface area contributed by atoms with Gasteiger partial charge >= 0.3 is 0 Å². The molecule has 0 aliphatic heterocycles. The van der Waals surface area contributed by atoms with Gasteiger partial charge in [-0.05, 0) is 12.1 Å². The number of halogens is 4. The first-order chi connectivity index (χ1) is 9.52. The summed E-state index contributed by atoms with van der Waals surface area (Å²) in [4.78, 5) is 11.8. The van der Waals surface area contributed by atoms with Crippen LogP contribution in [0.2, 0.25) is 0 Å². The van der Waals surface area contributed by atoms with Crippen LogP contribution in [0.4, 0.5) is 18.3 Å². The number of amides is 1. The quantitative estimate of drug-likeness (QED) is 0.668. The molecule has 4 nitrogen and oxygen atoms in total. The van der Waals surface area contributed by atoms with Crippen molar-refractivity contribution in [2.75, 3.05) is 10.6 Å². The minimum Gasteiger partial charge on any atom is -0.296 e. The van der Waals surface area contributed by atoms with Crippen LogP contribution in [0.3, 0.4) is 0 Å². The molecule has 0 aliphatic rings. The highest BCUT2D eigenvalue weighted by Gasteiger charge is 2.19. The molecule has 0 atom stereocenters. The van der Waals surface area contributed by atoms with Gasteiger partial charge in [0.1, 0.15) is 5.01 Å². The molecule has 0 aliphatic carbocycles. The first-order valence-corrected chi connectivity index (χ1v) is 7.30. The van der Waals surface area contributed by atoms with Gasteiger partial charge in [-0.2, -0.15) is 0 Å². The third-order valence-electron chi connectivity index (χ3n) is 2.28. The highest BCUT2D eigenvalue weighted by molar-refractivity contribution is 9.09. The molecule has 1 aromatic heterocycles. The molecular weight excluding hydrogens is 359 g/mol. The summed E-state index contributed by atoms with van der Waals surface area (Å²) in [5.41, 5.74) is -0.596. The second-order valence-corrected chi connectivity index (χ2v) is 5.47. The van der Waals surface area contributed by atoms with E-state index in [1.165, 1.54) is 0 Å². The lowest BCUT2D eigenvalue weighted by Gasteiger charge is -2.03. The summed E-state index contributed by atoms with van der Waals surface area (Å²) in [5.74, 6) is -5.49. The minimum absolute atomic E-state index is 0.162. The van der Waals surface area contributed by atoms with Crippen molar-refractivity contribution < 1.29 is 18.0 Å². The highest BCUT2D eigenvalue weighted by Crippen LogP contribution is 2.19. The summed E-state index contributed by atoms with van der Waals surface area (Å²) in [6.07, 6.45) is 0.632. The fraction of sp³-hybridized carbons (Fsp3) is 0.182. The molecule has 2 aromatic rings. The molecule has 1 amide bonds. The molecule has 0 saturated heterocycles. The van der Waals surface area contributed by atoms with Crippen molar-refractivity contribution in [2.24, 2.45) is 0 Å². The SMILES string of the molecule is O=C(Nc1nnc(CCBr)s1)c1ccc(F)c(F)c1F. The average molecular weight is 366 g/mol. The molecule has 0 saturated carbocycles. The number of nitrogens with one attached hydrogen (secondary N) is 1. The van der Waals surface area contributed by atoms with E-state index >= 15 is 0 Å². The van der Waals surface area contributed by atoms with Crippen molar-refractivity contribution in [2.45, 2.75) is 6.42 Å². The summed E-state index contributed by atoms with van der Waals surface area (Å²) in [7, 11) is 0. The first kappa shape index (κ1) is 14.9. The molecule has 0 unspecified atom stereocenters. The van der Waals surface area contributed by atoms with Crippen LogP contribution >= 0.6 is 27.3 Å². The van der Waals surface area contributed by atoms with Crippen molar-refractivity contribution in [3.63, 3.8) is 0 Å². The number of aryl methyl sites for hydroxylation is 1. The predicted molar refractivity (Wildman–Crippen MR) is 71.7 cm³/mol. The van der Waals surface area contributed by atoms with E-state index in [1.54, 1.807) is 0 Å². The van der Waals surface area contributed by atoms with Crippen LogP contribution < -0.4 is 5.32 Å². The van der Waals surface area contributed by atoms with Crippen molar-refractivity contribution in [3.05, 3.63) is 40.2 Å². The number of anilines is 1. The van der Waals surface area contributed by atoms with E-state index < -0.39 is 28.9 Å². The second-order valence-electron chi connectivity index (χ2n) is 3.62. The lowest BCUT2D eigenvalue weighted by molar-refractivity contribution is 0.102. The number of hydrogen-bond acceptors (Lipinski definition) is 4. The Balaban J connectivity index is 2.17. The molecule has 106 valence electrons. The van der Waals surface area contributed by atoms with Crippen molar-refractivity contribution in [3.8, 4) is 0 Å². The van der Waals surface area contributed by atoms with Gasteiger partial charge < -0.3 is 0 Å². The van der Waals surface area contributed by atoms with Crippen molar-refractivity contribution >= 4 is 38.3 Å². The average Bonchev–Trinajstić information content (AvgIpc) is 2.84. The van der Waals surface area contributed by atoms with Gasteiger partial charge in [0.2, 0.25) is 5.13 Å². The molecule has 0 spiro atoms. The van der Waals surface area contributed by atoms with Gasteiger partial charge in [0.05, 0.1) is 5.56 Å². The maximum absolute atomic E-state index is 13.4. The number of nitrogens with zero attached hydrogens (tertiary/aromatic N) is 2. The highest BCUT2D eigenvalue weighted by atomic mass is 79.9. The van der Waals surface area contributed by atoms with Crippen molar-refractivity contribution in [1.29, 1.82) is 0 Å². The van der Waals surface area contributed by atoms with Crippen molar-refractivity contribution in [1.82, 2.24) is 10.2 Å². The van der Waals surface area contributed by atoms with Gasteiger partial charge in [0.15, 0.2) is 17.5 Å². The molecule has 9 heteroatoms. The summed E-state index contributed by atoms with van der Waals surface area (Å²) in [6, 6.07) is 1.55. The van der Waals surface area contributed by atoms with E-state index in [1.807, 2.05) is 0 Å². The molecular formula is C11H7BrF3N3OS. The van der Waals surface area contributed by atoms with E-state index in [0.29, 0.717) is 22.8 Å². The largest absolute Gasteiger partial charge is 0.296 e. The number of aromatic nitrogens is 2. The molecule has 1 aromatic carbocycles. The minimum atomic E-state index is -1.69. The topological polar surface area (TPSA) is 54.9 Å². The maximum atomic E-state index is 13.4. The van der Waals surface area contributed by atoms with Crippen LogP contribution in [-0.2, 0) is 6.42 Å². The normalized spacial score (nSPS) is 10.6. The van der Waals surface area contributed by atoms with Gasteiger partial charge in [-0.1, -0.05) is 27.3 Å². The lowest BCUT2D eigenvalue weighted by atomic mass is 10.2. The lowest BCUT2D eigenvalue weighted by Crippen LogP contribution is -2.15. The maximum Gasteiger partial charge on any atom is 0.260 e. The van der Waals surface area contributed by atoms with Gasteiger partial charge in [-0.25, -0.2) is 13.2 Å². The monoisotopic (exact) mass is 365 g/mol. The number of carbonyl (C=O) groups excluding carboxylic acids is 1.